The molecule has 0 bridgehead atoms. The van der Waals surface area contributed by atoms with E-state index < -0.39 is 0 Å². The van der Waals surface area contributed by atoms with Gasteiger partial charge in [0.05, 0.1) is 5.76 Å². The fraction of sp³-hybridized carbons (Fsp3) is 0.412. The van der Waals surface area contributed by atoms with Crippen LogP contribution in [0, 0.1) is 12.0 Å². The number of furan rings is 1. The van der Waals surface area contributed by atoms with Gasteiger partial charge in [-0.15, -0.1) is 35.4 Å². The van der Waals surface area contributed by atoms with Crippen LogP contribution in [0.1, 0.15) is 83.6 Å². The van der Waals surface area contributed by atoms with Gasteiger partial charge in [0, 0.05) is 48.8 Å². The molecule has 5 heteroatoms. The number of aliphatic hydroxyl groups excluding tert-OH is 1. The number of allylic oxidation sites excluding steroid dienone is 2. The number of aromatic nitrogens is 1. The molecule has 0 atom stereocenters. The number of aliphatic hydroxyl groups is 1. The molecule has 0 spiro atoms. The molecular weight excluding hydrogens is 663 g/mol. The molecule has 209 valence electrons. The van der Waals surface area contributed by atoms with Crippen molar-refractivity contribution in [2.24, 2.45) is 5.92 Å². The summed E-state index contributed by atoms with van der Waals surface area (Å²) in [6, 6.07) is 14.2. The van der Waals surface area contributed by atoms with Gasteiger partial charge in [0.25, 0.3) is 0 Å². The van der Waals surface area contributed by atoms with Crippen LogP contribution < -0.4 is 0 Å². The molecule has 0 saturated carbocycles. The van der Waals surface area contributed by atoms with Crippen LogP contribution >= 0.6 is 0 Å². The third kappa shape index (κ3) is 7.07. The van der Waals surface area contributed by atoms with E-state index in [2.05, 4.69) is 65.0 Å². The normalized spacial score (nSPS) is 13.6. The molecule has 4 nitrogen and oxygen atoms in total. The number of aryl methyl sites for hydroxylation is 1. The van der Waals surface area contributed by atoms with Crippen LogP contribution in [0.5, 0.6) is 0 Å². The topological polar surface area (TPSA) is 63.3 Å². The van der Waals surface area contributed by atoms with Gasteiger partial charge in [-0.25, -0.2) is 0 Å². The first-order valence-corrected chi connectivity index (χ1v) is 13.7. The van der Waals surface area contributed by atoms with Crippen molar-refractivity contribution in [3.8, 4) is 11.3 Å². The van der Waals surface area contributed by atoms with Crippen molar-refractivity contribution < 1.29 is 34.4 Å². The zero-order chi connectivity index (χ0) is 27.6. The van der Waals surface area contributed by atoms with Crippen molar-refractivity contribution in [3.63, 3.8) is 0 Å². The molecule has 1 radical (unpaired) electrons. The van der Waals surface area contributed by atoms with E-state index in [1.807, 2.05) is 12.3 Å². The molecule has 4 aromatic rings. The number of ketones is 1. The van der Waals surface area contributed by atoms with E-state index in [-0.39, 0.29) is 37.1 Å². The summed E-state index contributed by atoms with van der Waals surface area (Å²) in [5.74, 6) is 0.548. The van der Waals surface area contributed by atoms with Crippen molar-refractivity contribution >= 4 is 27.7 Å². The van der Waals surface area contributed by atoms with Crippen LogP contribution in [0.4, 0.5) is 0 Å². The van der Waals surface area contributed by atoms with E-state index in [1.54, 1.807) is 5.56 Å². The van der Waals surface area contributed by atoms with Crippen molar-refractivity contribution in [1.82, 2.24) is 4.98 Å². The molecule has 0 amide bonds. The van der Waals surface area contributed by atoms with E-state index in [1.165, 1.54) is 73.1 Å². The Morgan fingerprint density at radius 3 is 2.49 bits per heavy atom. The van der Waals surface area contributed by atoms with Gasteiger partial charge < -0.3 is 14.5 Å². The van der Waals surface area contributed by atoms with Crippen LogP contribution in [0.25, 0.3) is 33.2 Å². The molecule has 5 rings (SSSR count). The summed E-state index contributed by atoms with van der Waals surface area (Å²) in [5.41, 5.74) is 9.76. The Hall–Kier alpha value is -2.75. The first kappa shape index (κ1) is 30.8. The van der Waals surface area contributed by atoms with Gasteiger partial charge in [0.15, 0.2) is 5.78 Å². The molecule has 1 aliphatic carbocycles. The smallest absolute Gasteiger partial charge is 0.155 e. The zero-order valence-corrected chi connectivity index (χ0v) is 26.6. The molecule has 0 aliphatic heterocycles. The van der Waals surface area contributed by atoms with Gasteiger partial charge in [-0.05, 0) is 86.1 Å². The van der Waals surface area contributed by atoms with E-state index in [9.17, 15) is 4.79 Å². The maximum absolute atomic E-state index is 10.0. The molecule has 2 aromatic heterocycles. The predicted molar refractivity (Wildman–Crippen MR) is 157 cm³/mol. The molecule has 2 heterocycles. The summed E-state index contributed by atoms with van der Waals surface area (Å²) in [4.78, 5) is 14.8. The monoisotopic (exact) mass is 703 g/mol. The fourth-order valence-corrected chi connectivity index (χ4v) is 5.39. The van der Waals surface area contributed by atoms with Crippen molar-refractivity contribution in [2.45, 2.75) is 86.0 Å². The maximum Gasteiger partial charge on any atom is 0.155 e. The Bertz CT molecular complexity index is 1500. The summed E-state index contributed by atoms with van der Waals surface area (Å²) >= 11 is 0. The number of fused-ring (bicyclic) bond motifs is 4. The summed E-state index contributed by atoms with van der Waals surface area (Å²) < 4.78 is 6.57. The SMILES string of the molecule is CC(=O)/C=C(/C)O.CC(C)Cc1c2c(cc3oc4c(-c5[c-]ccc(C(C)(C)C)c5)nccc4c13)CCCC2.[Ir]. The first-order chi connectivity index (χ1) is 18.0. The number of hydrogen-bond acceptors (Lipinski definition) is 4. The van der Waals surface area contributed by atoms with Crippen molar-refractivity contribution in [1.29, 1.82) is 0 Å². The van der Waals surface area contributed by atoms with Crippen LogP contribution in [0.3, 0.4) is 0 Å². The average Bonchev–Trinajstić information content (AvgIpc) is 3.21. The van der Waals surface area contributed by atoms with Crippen LogP contribution in [0.15, 0.2) is 52.8 Å². The summed E-state index contributed by atoms with van der Waals surface area (Å²) in [6.07, 6.45) is 9.13. The average molecular weight is 703 g/mol. The van der Waals surface area contributed by atoms with Gasteiger partial charge in [-0.2, -0.15) is 0 Å². The Morgan fingerprint density at radius 2 is 1.87 bits per heavy atom. The number of benzene rings is 2. The van der Waals surface area contributed by atoms with Gasteiger partial charge >= 0.3 is 0 Å². The Kier molecular flexibility index (Phi) is 9.96. The number of pyridine rings is 1. The zero-order valence-electron chi connectivity index (χ0n) is 24.2. The van der Waals surface area contributed by atoms with Crippen molar-refractivity contribution in [2.75, 3.05) is 0 Å². The third-order valence-corrected chi connectivity index (χ3v) is 7.06. The maximum atomic E-state index is 10.0. The molecule has 1 N–H and O–H groups in total. The number of rotatable bonds is 4. The number of nitrogens with zero attached hydrogens (tertiary/aromatic N) is 1. The largest absolute Gasteiger partial charge is 0.512 e. The van der Waals surface area contributed by atoms with Gasteiger partial charge in [0.1, 0.15) is 11.2 Å². The second-order valence-corrected chi connectivity index (χ2v) is 11.9. The standard InChI is InChI=1S/C29H32NO.C5H8O2.Ir/c1-18(2)15-24-22-12-7-6-9-19(22)17-25-26(24)23-13-14-30-27(28(23)31-25)20-10-8-11-21(16-20)29(3,4)5;1-4(6)3-5(2)7;/h8,11,13-14,16-18H,6-7,9,12,15H2,1-5H3;3,6H,1-2H3;/q-1;;/b;4-3-;. The minimum Gasteiger partial charge on any atom is -0.512 e. The molecular formula is C34H40IrNO3-. The number of carbonyl (C=O) groups excluding carboxylic acids is 1. The summed E-state index contributed by atoms with van der Waals surface area (Å²) in [6.45, 7) is 14.2. The van der Waals surface area contributed by atoms with E-state index in [4.69, 9.17) is 14.5 Å². The molecule has 2 aromatic carbocycles. The quantitative estimate of drug-likeness (QED) is 0.131. The van der Waals surface area contributed by atoms with Gasteiger partial charge in [-0.1, -0.05) is 34.6 Å². The molecule has 0 unspecified atom stereocenters. The molecule has 1 aliphatic rings. The van der Waals surface area contributed by atoms with Crippen LogP contribution in [-0.4, -0.2) is 15.9 Å². The molecule has 0 saturated heterocycles. The summed E-state index contributed by atoms with van der Waals surface area (Å²) in [7, 11) is 0. The fourth-order valence-electron chi connectivity index (χ4n) is 5.39. The van der Waals surface area contributed by atoms with E-state index in [0.717, 1.165) is 28.8 Å². The number of hydrogen-bond donors (Lipinski definition) is 1. The minimum atomic E-state index is -0.125. The van der Waals surface area contributed by atoms with Crippen LogP contribution in [-0.2, 0) is 49.6 Å². The van der Waals surface area contributed by atoms with Gasteiger partial charge in [0.2, 0.25) is 0 Å². The van der Waals surface area contributed by atoms with E-state index >= 15 is 0 Å². The predicted octanol–water partition coefficient (Wildman–Crippen LogP) is 8.86. The third-order valence-electron chi connectivity index (χ3n) is 7.06. The molecule has 39 heavy (non-hydrogen) atoms. The Labute approximate surface area is 246 Å². The minimum absolute atomic E-state index is 0. The van der Waals surface area contributed by atoms with E-state index in [0.29, 0.717) is 5.92 Å². The second-order valence-electron chi connectivity index (χ2n) is 11.9. The Morgan fingerprint density at radius 1 is 1.15 bits per heavy atom. The van der Waals surface area contributed by atoms with Crippen molar-refractivity contribution in [3.05, 3.63) is 76.7 Å². The Balaban J connectivity index is 0.000000468. The molecule has 0 fully saturated rings. The second kappa shape index (κ2) is 12.6. The van der Waals surface area contributed by atoms with Gasteiger partial charge in [-0.3, -0.25) is 4.79 Å². The number of carbonyl (C=O) groups is 1. The van der Waals surface area contributed by atoms with Crippen LogP contribution in [0.2, 0.25) is 0 Å². The first-order valence-electron chi connectivity index (χ1n) is 13.7. The summed E-state index contributed by atoms with van der Waals surface area (Å²) in [5, 5.41) is 10.9.